The normalized spacial score (nSPS) is 15.0. The van der Waals surface area contributed by atoms with Gasteiger partial charge in [0.15, 0.2) is 11.5 Å². The average molecular weight is 367 g/mol. The molecule has 138 valence electrons. The van der Waals surface area contributed by atoms with Crippen LogP contribution in [0, 0.1) is 0 Å². The van der Waals surface area contributed by atoms with E-state index in [4.69, 9.17) is 9.47 Å². The van der Waals surface area contributed by atoms with Crippen molar-refractivity contribution in [3.05, 3.63) is 59.7 Å². The number of hydrazine groups is 1. The zero-order valence-corrected chi connectivity index (χ0v) is 14.3. The van der Waals surface area contributed by atoms with Gasteiger partial charge in [0.2, 0.25) is 0 Å². The van der Waals surface area contributed by atoms with Crippen molar-refractivity contribution >= 4 is 29.5 Å². The summed E-state index contributed by atoms with van der Waals surface area (Å²) in [5, 5.41) is 11.8. The van der Waals surface area contributed by atoms with E-state index in [1.54, 1.807) is 48.5 Å². The minimum Gasteiger partial charge on any atom is -0.546 e. The summed E-state index contributed by atoms with van der Waals surface area (Å²) in [6, 6.07) is 13.4. The second-order valence-corrected chi connectivity index (χ2v) is 5.51. The average Bonchev–Trinajstić information content (AvgIpc) is 2.95. The molecule has 3 rings (SSSR count). The number of anilines is 1. The predicted octanol–water partition coefficient (Wildman–Crippen LogP) is 0.285. The van der Waals surface area contributed by atoms with Gasteiger partial charge in [-0.25, -0.2) is 5.01 Å². The van der Waals surface area contributed by atoms with E-state index in [2.05, 4.69) is 5.43 Å². The van der Waals surface area contributed by atoms with Crippen LogP contribution in [0.15, 0.2) is 54.1 Å². The van der Waals surface area contributed by atoms with Gasteiger partial charge in [-0.2, -0.15) is 0 Å². The second kappa shape index (κ2) is 7.61. The number of carboxylic acids is 1. The molecule has 8 heteroatoms. The number of carbonyl (C=O) groups is 3. The largest absolute Gasteiger partial charge is 0.546 e. The number of carboxylic acid groups (broad SMARTS) is 1. The van der Waals surface area contributed by atoms with Gasteiger partial charge in [0.05, 0.1) is 18.8 Å². The van der Waals surface area contributed by atoms with E-state index in [0.29, 0.717) is 11.3 Å². The quantitative estimate of drug-likeness (QED) is 0.581. The van der Waals surface area contributed by atoms with Crippen LogP contribution in [-0.4, -0.2) is 31.5 Å². The maximum atomic E-state index is 12.7. The fourth-order valence-electron chi connectivity index (χ4n) is 2.56. The summed E-state index contributed by atoms with van der Waals surface area (Å²) in [6.45, 7) is -0.702. The van der Waals surface area contributed by atoms with Crippen LogP contribution in [0.1, 0.15) is 5.56 Å². The molecule has 0 saturated carbocycles. The van der Waals surface area contributed by atoms with Crippen molar-refractivity contribution in [1.82, 2.24) is 5.43 Å². The Hall–Kier alpha value is -3.81. The first kappa shape index (κ1) is 18.0. The number of amides is 2. The van der Waals surface area contributed by atoms with Crippen molar-refractivity contribution < 1.29 is 29.0 Å². The lowest BCUT2D eigenvalue weighted by molar-refractivity contribution is -0.307. The Balaban J connectivity index is 1.97. The number of para-hydroxylation sites is 2. The molecule has 0 aliphatic carbocycles. The van der Waals surface area contributed by atoms with Crippen LogP contribution in [0.5, 0.6) is 11.5 Å². The highest BCUT2D eigenvalue weighted by Crippen LogP contribution is 2.33. The number of hydrogen-bond acceptors (Lipinski definition) is 6. The van der Waals surface area contributed by atoms with Gasteiger partial charge in [0.25, 0.3) is 11.8 Å². The van der Waals surface area contributed by atoms with Crippen LogP contribution in [0.3, 0.4) is 0 Å². The molecule has 0 aromatic heterocycles. The number of nitrogens with one attached hydrogen (secondary N) is 1. The van der Waals surface area contributed by atoms with Crippen LogP contribution in [0.25, 0.3) is 6.08 Å². The molecule has 1 heterocycles. The summed E-state index contributed by atoms with van der Waals surface area (Å²) in [7, 11) is 1.39. The number of ether oxygens (including phenoxy) is 2. The van der Waals surface area contributed by atoms with Crippen molar-refractivity contribution in [3.8, 4) is 11.5 Å². The molecule has 27 heavy (non-hydrogen) atoms. The van der Waals surface area contributed by atoms with Gasteiger partial charge >= 0.3 is 0 Å². The number of methoxy groups -OCH3 is 1. The lowest BCUT2D eigenvalue weighted by Crippen LogP contribution is -2.35. The summed E-state index contributed by atoms with van der Waals surface area (Å²) in [5.74, 6) is -2.19. The Morgan fingerprint density at radius 3 is 2.56 bits per heavy atom. The van der Waals surface area contributed by atoms with Crippen LogP contribution in [0.4, 0.5) is 5.69 Å². The molecule has 8 nitrogen and oxygen atoms in total. The summed E-state index contributed by atoms with van der Waals surface area (Å²) >= 11 is 0. The first-order chi connectivity index (χ1) is 13.0. The minimum absolute atomic E-state index is 0.0930. The van der Waals surface area contributed by atoms with E-state index in [-0.39, 0.29) is 17.1 Å². The Labute approximate surface area is 154 Å². The summed E-state index contributed by atoms with van der Waals surface area (Å²) < 4.78 is 10.4. The van der Waals surface area contributed by atoms with Crippen LogP contribution in [0.2, 0.25) is 0 Å². The first-order valence-electron chi connectivity index (χ1n) is 7.93. The third-order valence-electron chi connectivity index (χ3n) is 3.77. The summed E-state index contributed by atoms with van der Waals surface area (Å²) in [5.41, 5.74) is 3.20. The molecule has 0 unspecified atom stereocenters. The smallest absolute Gasteiger partial charge is 0.282 e. The van der Waals surface area contributed by atoms with Crippen molar-refractivity contribution in [2.75, 3.05) is 18.7 Å². The van der Waals surface area contributed by atoms with E-state index in [0.717, 1.165) is 5.01 Å². The van der Waals surface area contributed by atoms with E-state index < -0.39 is 24.4 Å². The molecule has 1 N–H and O–H groups in total. The van der Waals surface area contributed by atoms with E-state index in [1.165, 1.54) is 13.2 Å². The first-order valence-corrected chi connectivity index (χ1v) is 7.93. The molecule has 2 aromatic carbocycles. The maximum Gasteiger partial charge on any atom is 0.282 e. The van der Waals surface area contributed by atoms with Gasteiger partial charge in [0.1, 0.15) is 12.2 Å². The number of benzene rings is 2. The standard InChI is InChI=1S/C19H16N2O6/c1-26-15-9-5-6-12(17(15)27-11-16(22)23)10-14-18(24)20-21(19(14)25)13-7-3-2-4-8-13/h2-10H,11H2,1H3,(H,20,24)(H,22,23)/p-1/b14-10-. The molecule has 1 aliphatic rings. The molecule has 2 aromatic rings. The minimum atomic E-state index is -1.41. The van der Waals surface area contributed by atoms with E-state index in [9.17, 15) is 19.5 Å². The maximum absolute atomic E-state index is 12.7. The highest BCUT2D eigenvalue weighted by molar-refractivity contribution is 6.31. The van der Waals surface area contributed by atoms with Crippen molar-refractivity contribution in [2.24, 2.45) is 0 Å². The van der Waals surface area contributed by atoms with Crippen molar-refractivity contribution in [1.29, 1.82) is 0 Å². The molecule has 0 bridgehead atoms. The topological polar surface area (TPSA) is 108 Å². The van der Waals surface area contributed by atoms with Gasteiger partial charge in [-0.05, 0) is 24.3 Å². The number of rotatable bonds is 6. The van der Waals surface area contributed by atoms with Crippen LogP contribution >= 0.6 is 0 Å². The highest BCUT2D eigenvalue weighted by Gasteiger charge is 2.34. The zero-order chi connectivity index (χ0) is 19.4. The molecular weight excluding hydrogens is 352 g/mol. The molecule has 0 atom stereocenters. The SMILES string of the molecule is COc1cccc(/C=C2/C(=O)NN(c3ccccc3)C2=O)c1OCC(=O)[O-]. The number of hydrogen-bond donors (Lipinski definition) is 1. The zero-order valence-electron chi connectivity index (χ0n) is 14.3. The number of nitrogens with zero attached hydrogens (tertiary/aromatic N) is 1. The summed E-state index contributed by atoms with van der Waals surface area (Å²) in [6.07, 6.45) is 1.33. The molecule has 1 fully saturated rings. The predicted molar refractivity (Wildman–Crippen MR) is 93.5 cm³/mol. The van der Waals surface area contributed by atoms with Gasteiger partial charge in [0, 0.05) is 5.56 Å². The molecule has 0 spiro atoms. The van der Waals surface area contributed by atoms with Gasteiger partial charge < -0.3 is 19.4 Å². The molecule has 2 amide bonds. The Kier molecular flexibility index (Phi) is 5.07. The van der Waals surface area contributed by atoms with Crippen molar-refractivity contribution in [2.45, 2.75) is 0 Å². The van der Waals surface area contributed by atoms with Gasteiger partial charge in [-0.3, -0.25) is 15.0 Å². The lowest BCUT2D eigenvalue weighted by atomic mass is 10.1. The highest BCUT2D eigenvalue weighted by atomic mass is 16.5. The fraction of sp³-hybridized carbons (Fsp3) is 0.105. The monoisotopic (exact) mass is 367 g/mol. The Morgan fingerprint density at radius 1 is 1.15 bits per heavy atom. The Morgan fingerprint density at radius 2 is 1.89 bits per heavy atom. The fourth-order valence-corrected chi connectivity index (χ4v) is 2.56. The number of aliphatic carboxylic acids is 1. The molecule has 1 aliphatic heterocycles. The second-order valence-electron chi connectivity index (χ2n) is 5.51. The summed E-state index contributed by atoms with van der Waals surface area (Å²) in [4.78, 5) is 35.7. The van der Waals surface area contributed by atoms with Crippen molar-refractivity contribution in [3.63, 3.8) is 0 Å². The lowest BCUT2D eigenvalue weighted by Gasteiger charge is -2.14. The van der Waals surface area contributed by atoms with E-state index >= 15 is 0 Å². The number of carbonyl (C=O) groups excluding carboxylic acids is 3. The molecule has 0 radical (unpaired) electrons. The third kappa shape index (κ3) is 3.74. The molecular formula is C19H15N2O6-. The van der Waals surface area contributed by atoms with Gasteiger partial charge in [-0.1, -0.05) is 30.3 Å². The van der Waals surface area contributed by atoms with E-state index in [1.807, 2.05) is 0 Å². The van der Waals surface area contributed by atoms with Crippen LogP contribution < -0.4 is 25.0 Å². The third-order valence-corrected chi connectivity index (χ3v) is 3.77. The Bertz CT molecular complexity index is 923. The van der Waals surface area contributed by atoms with Gasteiger partial charge in [-0.15, -0.1) is 0 Å². The van der Waals surface area contributed by atoms with Crippen LogP contribution in [-0.2, 0) is 14.4 Å². The molecule has 1 saturated heterocycles.